The van der Waals surface area contributed by atoms with Crippen LogP contribution in [0.3, 0.4) is 0 Å². The molecule has 0 atom stereocenters. The molecule has 0 aliphatic carbocycles. The lowest BCUT2D eigenvalue weighted by Gasteiger charge is -2.03. The highest BCUT2D eigenvalue weighted by molar-refractivity contribution is 5.96. The Morgan fingerprint density at radius 1 is 1.24 bits per heavy atom. The van der Waals surface area contributed by atoms with E-state index in [1.165, 1.54) is 0 Å². The second kappa shape index (κ2) is 6.74. The minimum Gasteiger partial charge on any atom is -0.497 e. The summed E-state index contributed by atoms with van der Waals surface area (Å²) in [5.41, 5.74) is 4.05. The normalized spacial score (nSPS) is 11.3. The summed E-state index contributed by atoms with van der Waals surface area (Å²) in [4.78, 5) is 11.8. The Bertz CT molecular complexity index is 642. The number of carbonyl (C=O) groups is 1. The van der Waals surface area contributed by atoms with Crippen LogP contribution in [0.2, 0.25) is 0 Å². The summed E-state index contributed by atoms with van der Waals surface area (Å²) in [5, 5.41) is 4.04. The number of ether oxygens (including phenoxy) is 1. The zero-order chi connectivity index (χ0) is 15.2. The first-order valence-corrected chi connectivity index (χ1v) is 6.61. The van der Waals surface area contributed by atoms with Crippen LogP contribution in [0.15, 0.2) is 45.9 Å². The van der Waals surface area contributed by atoms with Gasteiger partial charge in [-0.1, -0.05) is 12.1 Å². The first kappa shape index (κ1) is 14.8. The third-order valence-corrected chi connectivity index (χ3v) is 2.97. The zero-order valence-corrected chi connectivity index (χ0v) is 12.3. The molecular formula is C16H18N2O3. The van der Waals surface area contributed by atoms with E-state index in [1.807, 2.05) is 43.3 Å². The van der Waals surface area contributed by atoms with Crippen LogP contribution in [0, 0.1) is 6.92 Å². The van der Waals surface area contributed by atoms with Crippen molar-refractivity contribution in [1.82, 2.24) is 5.43 Å². The fraction of sp³-hybridized carbons (Fsp3) is 0.250. The molecule has 2 aromatic rings. The van der Waals surface area contributed by atoms with Gasteiger partial charge in [-0.2, -0.15) is 5.10 Å². The maximum absolute atomic E-state index is 11.8. The van der Waals surface area contributed by atoms with E-state index in [4.69, 9.17) is 9.15 Å². The van der Waals surface area contributed by atoms with Crippen molar-refractivity contribution >= 4 is 11.6 Å². The first-order valence-electron chi connectivity index (χ1n) is 6.61. The van der Waals surface area contributed by atoms with E-state index in [0.717, 1.165) is 17.1 Å². The van der Waals surface area contributed by atoms with Crippen LogP contribution in [0.25, 0.3) is 0 Å². The molecule has 0 saturated carbocycles. The highest BCUT2D eigenvalue weighted by Gasteiger charge is 2.05. The molecule has 0 unspecified atom stereocenters. The van der Waals surface area contributed by atoms with E-state index in [1.54, 1.807) is 14.0 Å². The summed E-state index contributed by atoms with van der Waals surface area (Å²) in [7, 11) is 1.61. The second-order valence-electron chi connectivity index (χ2n) is 4.67. The summed E-state index contributed by atoms with van der Waals surface area (Å²) >= 11 is 0. The Balaban J connectivity index is 1.92. The fourth-order valence-electron chi connectivity index (χ4n) is 1.80. The topological polar surface area (TPSA) is 63.8 Å². The summed E-state index contributed by atoms with van der Waals surface area (Å²) in [6, 6.07) is 11.0. The van der Waals surface area contributed by atoms with Crippen LogP contribution in [0.4, 0.5) is 0 Å². The average molecular weight is 286 g/mol. The highest BCUT2D eigenvalue weighted by Crippen LogP contribution is 2.11. The van der Waals surface area contributed by atoms with Crippen LogP contribution in [0.1, 0.15) is 24.0 Å². The lowest BCUT2D eigenvalue weighted by Crippen LogP contribution is -2.21. The maximum atomic E-state index is 11.8. The predicted molar refractivity (Wildman–Crippen MR) is 80.5 cm³/mol. The number of amides is 1. The van der Waals surface area contributed by atoms with Crippen LogP contribution < -0.4 is 10.2 Å². The molecule has 0 aliphatic heterocycles. The SMILES string of the molecule is COc1ccc(CC(=O)N/N=C(/C)c2ccc(C)o2)cc1. The van der Waals surface area contributed by atoms with Gasteiger partial charge in [0, 0.05) is 0 Å². The van der Waals surface area contributed by atoms with Gasteiger partial charge in [-0.3, -0.25) is 4.79 Å². The molecular weight excluding hydrogens is 268 g/mol. The molecule has 0 fully saturated rings. The van der Waals surface area contributed by atoms with Gasteiger partial charge in [-0.15, -0.1) is 0 Å². The van der Waals surface area contributed by atoms with E-state index in [-0.39, 0.29) is 12.3 Å². The molecule has 110 valence electrons. The van der Waals surface area contributed by atoms with E-state index in [2.05, 4.69) is 10.5 Å². The van der Waals surface area contributed by atoms with Crippen molar-refractivity contribution in [3.8, 4) is 5.75 Å². The fourth-order valence-corrected chi connectivity index (χ4v) is 1.80. The predicted octanol–water partition coefficient (Wildman–Crippen LogP) is 2.68. The largest absolute Gasteiger partial charge is 0.497 e. The molecule has 0 radical (unpaired) electrons. The number of nitrogens with zero attached hydrogens (tertiary/aromatic N) is 1. The van der Waals surface area contributed by atoms with Gasteiger partial charge in [-0.25, -0.2) is 5.43 Å². The van der Waals surface area contributed by atoms with Gasteiger partial charge in [0.2, 0.25) is 5.91 Å². The summed E-state index contributed by atoms with van der Waals surface area (Å²) in [6.45, 7) is 3.64. The molecule has 0 saturated heterocycles. The van der Waals surface area contributed by atoms with Crippen molar-refractivity contribution in [1.29, 1.82) is 0 Å². The molecule has 0 bridgehead atoms. The lowest BCUT2D eigenvalue weighted by molar-refractivity contribution is -0.120. The average Bonchev–Trinajstić information content (AvgIpc) is 2.92. The lowest BCUT2D eigenvalue weighted by atomic mass is 10.1. The molecule has 21 heavy (non-hydrogen) atoms. The van der Waals surface area contributed by atoms with Crippen molar-refractivity contribution in [2.45, 2.75) is 20.3 Å². The molecule has 1 aromatic heterocycles. The number of rotatable bonds is 5. The minimum atomic E-state index is -0.178. The van der Waals surface area contributed by atoms with Crippen molar-refractivity contribution in [2.24, 2.45) is 5.10 Å². The molecule has 1 N–H and O–H groups in total. The number of benzene rings is 1. The number of nitrogens with one attached hydrogen (secondary N) is 1. The van der Waals surface area contributed by atoms with E-state index in [9.17, 15) is 4.79 Å². The van der Waals surface area contributed by atoms with Gasteiger partial charge in [0.05, 0.1) is 13.5 Å². The molecule has 1 amide bonds. The zero-order valence-electron chi connectivity index (χ0n) is 12.3. The van der Waals surface area contributed by atoms with E-state index in [0.29, 0.717) is 11.5 Å². The Hall–Kier alpha value is -2.56. The summed E-state index contributed by atoms with van der Waals surface area (Å²) in [5.74, 6) is 2.05. The molecule has 0 aliphatic rings. The van der Waals surface area contributed by atoms with Gasteiger partial charge in [0.1, 0.15) is 23.0 Å². The summed E-state index contributed by atoms with van der Waals surface area (Å²) in [6.07, 6.45) is 0.262. The molecule has 5 heteroatoms. The van der Waals surface area contributed by atoms with Crippen LogP contribution in [-0.4, -0.2) is 18.7 Å². The minimum absolute atomic E-state index is 0.178. The standard InChI is InChI=1S/C16H18N2O3/c1-11-4-9-15(21-11)12(2)17-18-16(19)10-13-5-7-14(20-3)8-6-13/h4-9H,10H2,1-3H3,(H,18,19)/b17-12-. The Labute approximate surface area is 123 Å². The quantitative estimate of drug-likeness (QED) is 0.679. The number of hydrogen-bond acceptors (Lipinski definition) is 4. The number of hydrogen-bond donors (Lipinski definition) is 1. The third-order valence-electron chi connectivity index (χ3n) is 2.97. The maximum Gasteiger partial charge on any atom is 0.244 e. The van der Waals surface area contributed by atoms with Gasteiger partial charge in [0.25, 0.3) is 0 Å². The molecule has 5 nitrogen and oxygen atoms in total. The molecule has 0 spiro atoms. The first-order chi connectivity index (χ1) is 10.1. The van der Waals surface area contributed by atoms with Crippen LogP contribution in [-0.2, 0) is 11.2 Å². The highest BCUT2D eigenvalue weighted by atomic mass is 16.5. The van der Waals surface area contributed by atoms with Gasteiger partial charge in [-0.05, 0) is 43.7 Å². The smallest absolute Gasteiger partial charge is 0.244 e. The van der Waals surface area contributed by atoms with E-state index < -0.39 is 0 Å². The van der Waals surface area contributed by atoms with Crippen LogP contribution >= 0.6 is 0 Å². The number of furan rings is 1. The molecule has 1 aromatic carbocycles. The van der Waals surface area contributed by atoms with Gasteiger partial charge >= 0.3 is 0 Å². The monoisotopic (exact) mass is 286 g/mol. The third kappa shape index (κ3) is 4.21. The number of carbonyl (C=O) groups excluding carboxylic acids is 1. The number of aryl methyl sites for hydroxylation is 1. The molecule has 1 heterocycles. The number of hydrazone groups is 1. The second-order valence-corrected chi connectivity index (χ2v) is 4.67. The van der Waals surface area contributed by atoms with Gasteiger partial charge in [0.15, 0.2) is 0 Å². The van der Waals surface area contributed by atoms with Crippen LogP contribution in [0.5, 0.6) is 5.75 Å². The van der Waals surface area contributed by atoms with E-state index >= 15 is 0 Å². The van der Waals surface area contributed by atoms with Crippen molar-refractivity contribution in [2.75, 3.05) is 7.11 Å². The Morgan fingerprint density at radius 2 is 1.95 bits per heavy atom. The van der Waals surface area contributed by atoms with Crippen molar-refractivity contribution in [3.05, 3.63) is 53.5 Å². The Morgan fingerprint density at radius 3 is 2.52 bits per heavy atom. The van der Waals surface area contributed by atoms with Gasteiger partial charge < -0.3 is 9.15 Å². The van der Waals surface area contributed by atoms with Crippen molar-refractivity contribution < 1.29 is 13.9 Å². The summed E-state index contributed by atoms with van der Waals surface area (Å²) < 4.78 is 10.5. The number of methoxy groups -OCH3 is 1. The Kier molecular flexibility index (Phi) is 4.77. The molecule has 2 rings (SSSR count). The van der Waals surface area contributed by atoms with Crippen molar-refractivity contribution in [3.63, 3.8) is 0 Å².